The molecule has 4 nitrogen and oxygen atoms in total. The lowest BCUT2D eigenvalue weighted by molar-refractivity contribution is -0.144. The standard InChI is InChI=1S/C26H52O4/c1-3-5-7-9-11-12-13-14-16-18-23-30-26(27)20-19-22-29-25-24-28-21-17-15-10-8-6-4-2/h3-25H2,1-2H3. The molecule has 0 radical (unpaired) electrons. The summed E-state index contributed by atoms with van der Waals surface area (Å²) < 4.78 is 16.4. The van der Waals surface area contributed by atoms with Gasteiger partial charge in [-0.05, 0) is 19.3 Å². The smallest absolute Gasteiger partial charge is 0.305 e. The first-order chi connectivity index (χ1) is 14.8. The van der Waals surface area contributed by atoms with E-state index in [-0.39, 0.29) is 5.97 Å². The van der Waals surface area contributed by atoms with Gasteiger partial charge in [-0.2, -0.15) is 0 Å². The van der Waals surface area contributed by atoms with Gasteiger partial charge in [0.2, 0.25) is 0 Å². The molecule has 0 amide bonds. The Hall–Kier alpha value is -0.610. The minimum Gasteiger partial charge on any atom is -0.466 e. The van der Waals surface area contributed by atoms with Crippen molar-refractivity contribution in [3.63, 3.8) is 0 Å². The summed E-state index contributed by atoms with van der Waals surface area (Å²) >= 11 is 0. The first kappa shape index (κ1) is 29.4. The van der Waals surface area contributed by atoms with Crippen LogP contribution in [-0.4, -0.2) is 39.0 Å². The first-order valence-electron chi connectivity index (χ1n) is 13.1. The Kier molecular flexibility index (Phi) is 25.9. The molecule has 0 bridgehead atoms. The highest BCUT2D eigenvalue weighted by molar-refractivity contribution is 5.69. The van der Waals surface area contributed by atoms with E-state index in [2.05, 4.69) is 13.8 Å². The fraction of sp³-hybridized carbons (Fsp3) is 0.962. The van der Waals surface area contributed by atoms with E-state index in [1.807, 2.05) is 0 Å². The van der Waals surface area contributed by atoms with E-state index in [0.29, 0.717) is 32.8 Å². The number of esters is 1. The van der Waals surface area contributed by atoms with Gasteiger partial charge in [0.25, 0.3) is 0 Å². The number of hydrogen-bond acceptors (Lipinski definition) is 4. The van der Waals surface area contributed by atoms with Gasteiger partial charge in [0, 0.05) is 19.6 Å². The molecule has 4 heteroatoms. The van der Waals surface area contributed by atoms with Gasteiger partial charge in [-0.3, -0.25) is 4.79 Å². The third-order valence-corrected chi connectivity index (χ3v) is 5.44. The molecule has 0 aliphatic heterocycles. The third-order valence-electron chi connectivity index (χ3n) is 5.44. The fourth-order valence-electron chi connectivity index (χ4n) is 3.47. The molecule has 0 aromatic heterocycles. The summed E-state index contributed by atoms with van der Waals surface area (Å²) in [6.07, 6.45) is 21.9. The monoisotopic (exact) mass is 428 g/mol. The van der Waals surface area contributed by atoms with E-state index in [1.165, 1.54) is 89.9 Å². The van der Waals surface area contributed by atoms with Crippen molar-refractivity contribution in [2.24, 2.45) is 0 Å². The van der Waals surface area contributed by atoms with Gasteiger partial charge in [-0.25, -0.2) is 0 Å². The zero-order valence-electron chi connectivity index (χ0n) is 20.4. The van der Waals surface area contributed by atoms with Gasteiger partial charge < -0.3 is 14.2 Å². The van der Waals surface area contributed by atoms with Gasteiger partial charge in [-0.1, -0.05) is 104 Å². The van der Waals surface area contributed by atoms with Gasteiger partial charge in [0.05, 0.1) is 19.8 Å². The minimum absolute atomic E-state index is 0.0890. The molecule has 0 spiro atoms. The first-order valence-corrected chi connectivity index (χ1v) is 13.1. The van der Waals surface area contributed by atoms with E-state index < -0.39 is 0 Å². The molecule has 0 atom stereocenters. The van der Waals surface area contributed by atoms with Crippen LogP contribution in [0.3, 0.4) is 0 Å². The number of carbonyl (C=O) groups is 1. The average Bonchev–Trinajstić information content (AvgIpc) is 2.75. The van der Waals surface area contributed by atoms with Crippen molar-refractivity contribution in [3.05, 3.63) is 0 Å². The maximum atomic E-state index is 11.7. The maximum Gasteiger partial charge on any atom is 0.305 e. The van der Waals surface area contributed by atoms with Crippen LogP contribution in [0.25, 0.3) is 0 Å². The predicted molar refractivity (Wildman–Crippen MR) is 127 cm³/mol. The van der Waals surface area contributed by atoms with Crippen molar-refractivity contribution < 1.29 is 19.0 Å². The Balaban J connectivity index is 3.13. The molecule has 0 saturated carbocycles. The zero-order chi connectivity index (χ0) is 22.0. The van der Waals surface area contributed by atoms with E-state index in [4.69, 9.17) is 14.2 Å². The SMILES string of the molecule is CCCCCCCCCCCCOC(=O)CCCOCCOCCCCCCCC. The maximum absolute atomic E-state index is 11.7. The van der Waals surface area contributed by atoms with Crippen LogP contribution < -0.4 is 0 Å². The summed E-state index contributed by atoms with van der Waals surface area (Å²) in [6, 6.07) is 0. The largest absolute Gasteiger partial charge is 0.466 e. The highest BCUT2D eigenvalue weighted by atomic mass is 16.5. The number of unbranched alkanes of at least 4 members (excludes halogenated alkanes) is 14. The summed E-state index contributed by atoms with van der Waals surface area (Å²) in [5.41, 5.74) is 0. The second kappa shape index (κ2) is 26.4. The van der Waals surface area contributed by atoms with Crippen LogP contribution >= 0.6 is 0 Å². The lowest BCUT2D eigenvalue weighted by atomic mass is 10.1. The Labute approximate surface area is 187 Å². The summed E-state index contributed by atoms with van der Waals surface area (Å²) in [7, 11) is 0. The number of carbonyl (C=O) groups excluding carboxylic acids is 1. The van der Waals surface area contributed by atoms with Crippen molar-refractivity contribution in [1.29, 1.82) is 0 Å². The summed E-state index contributed by atoms with van der Waals surface area (Å²) in [6.45, 7) is 7.78. The average molecular weight is 429 g/mol. The normalized spacial score (nSPS) is 11.1. The van der Waals surface area contributed by atoms with E-state index >= 15 is 0 Å². The minimum atomic E-state index is -0.0890. The Morgan fingerprint density at radius 3 is 1.37 bits per heavy atom. The van der Waals surface area contributed by atoms with E-state index in [1.54, 1.807) is 0 Å². The molecule has 0 unspecified atom stereocenters. The molecular formula is C26H52O4. The number of hydrogen-bond donors (Lipinski definition) is 0. The predicted octanol–water partition coefficient (Wildman–Crippen LogP) is 7.62. The second-order valence-corrected chi connectivity index (χ2v) is 8.50. The molecule has 0 aliphatic rings. The quantitative estimate of drug-likeness (QED) is 0.111. The molecular weight excluding hydrogens is 376 g/mol. The van der Waals surface area contributed by atoms with Crippen LogP contribution in [0.15, 0.2) is 0 Å². The fourth-order valence-corrected chi connectivity index (χ4v) is 3.47. The molecule has 0 rings (SSSR count). The summed E-state index contributed by atoms with van der Waals surface area (Å²) in [5.74, 6) is -0.0890. The molecule has 0 aliphatic carbocycles. The van der Waals surface area contributed by atoms with E-state index in [0.717, 1.165) is 25.9 Å². The lowest BCUT2D eigenvalue weighted by Crippen LogP contribution is -2.09. The van der Waals surface area contributed by atoms with Crippen LogP contribution in [0.2, 0.25) is 0 Å². The summed E-state index contributed by atoms with van der Waals surface area (Å²) in [4.78, 5) is 11.7. The Morgan fingerprint density at radius 2 is 0.867 bits per heavy atom. The number of rotatable bonds is 25. The van der Waals surface area contributed by atoms with Crippen molar-refractivity contribution in [3.8, 4) is 0 Å². The topological polar surface area (TPSA) is 44.8 Å². The van der Waals surface area contributed by atoms with Gasteiger partial charge >= 0.3 is 5.97 Å². The van der Waals surface area contributed by atoms with Crippen molar-refractivity contribution >= 4 is 5.97 Å². The Morgan fingerprint density at radius 1 is 0.467 bits per heavy atom. The van der Waals surface area contributed by atoms with Crippen LogP contribution in [0.4, 0.5) is 0 Å². The molecule has 0 aromatic carbocycles. The second-order valence-electron chi connectivity index (χ2n) is 8.50. The van der Waals surface area contributed by atoms with Crippen LogP contribution in [-0.2, 0) is 19.0 Å². The van der Waals surface area contributed by atoms with Crippen LogP contribution in [0, 0.1) is 0 Å². The zero-order valence-corrected chi connectivity index (χ0v) is 20.4. The molecule has 0 saturated heterocycles. The van der Waals surface area contributed by atoms with Crippen molar-refractivity contribution in [2.45, 2.75) is 129 Å². The molecule has 0 fully saturated rings. The summed E-state index contributed by atoms with van der Waals surface area (Å²) in [5, 5.41) is 0. The molecule has 0 aromatic rings. The van der Waals surface area contributed by atoms with Gasteiger partial charge in [0.1, 0.15) is 0 Å². The van der Waals surface area contributed by atoms with E-state index in [9.17, 15) is 4.79 Å². The molecule has 0 heterocycles. The van der Waals surface area contributed by atoms with Gasteiger partial charge in [0.15, 0.2) is 0 Å². The lowest BCUT2D eigenvalue weighted by Gasteiger charge is -2.07. The third kappa shape index (κ3) is 25.4. The van der Waals surface area contributed by atoms with Crippen molar-refractivity contribution in [1.82, 2.24) is 0 Å². The highest BCUT2D eigenvalue weighted by Crippen LogP contribution is 2.10. The van der Waals surface area contributed by atoms with Crippen LogP contribution in [0.1, 0.15) is 129 Å². The molecule has 180 valence electrons. The van der Waals surface area contributed by atoms with Crippen molar-refractivity contribution in [2.75, 3.05) is 33.0 Å². The number of ether oxygens (including phenoxy) is 3. The van der Waals surface area contributed by atoms with Crippen LogP contribution in [0.5, 0.6) is 0 Å². The van der Waals surface area contributed by atoms with Gasteiger partial charge in [-0.15, -0.1) is 0 Å². The Bertz CT molecular complexity index is 333. The molecule has 0 N–H and O–H groups in total. The molecule has 30 heavy (non-hydrogen) atoms. The highest BCUT2D eigenvalue weighted by Gasteiger charge is 2.02.